The first kappa shape index (κ1) is 17.4. The third-order valence-electron chi connectivity index (χ3n) is 3.05. The molecule has 1 atom stereocenters. The van der Waals surface area contributed by atoms with E-state index in [1.165, 1.54) is 18.5 Å². The lowest BCUT2D eigenvalue weighted by molar-refractivity contribution is 0.0954. The predicted octanol–water partition coefficient (Wildman–Crippen LogP) is 0.560. The van der Waals surface area contributed by atoms with Gasteiger partial charge in [-0.15, -0.1) is 23.7 Å². The first-order valence-electron chi connectivity index (χ1n) is 6.06. The van der Waals surface area contributed by atoms with Crippen LogP contribution in [0.1, 0.15) is 22.5 Å². The van der Waals surface area contributed by atoms with Gasteiger partial charge in [-0.25, -0.2) is 13.1 Å². The van der Waals surface area contributed by atoms with Crippen molar-refractivity contribution in [2.45, 2.75) is 23.8 Å². The number of hydrogen-bond donors (Lipinski definition) is 3. The molecule has 6 nitrogen and oxygen atoms in total. The summed E-state index contributed by atoms with van der Waals surface area (Å²) < 4.78 is 25.3. The average molecular weight is 340 g/mol. The van der Waals surface area contributed by atoms with Crippen LogP contribution in [0.3, 0.4) is 0 Å². The molecule has 2 rings (SSSR count). The van der Waals surface area contributed by atoms with Gasteiger partial charge in [0.05, 0.1) is 9.77 Å². The molecule has 2 heterocycles. The van der Waals surface area contributed by atoms with Crippen LogP contribution >= 0.6 is 23.7 Å². The number of thiophene rings is 1. The first-order valence-corrected chi connectivity index (χ1v) is 8.43. The van der Waals surface area contributed by atoms with E-state index >= 15 is 0 Å². The highest BCUT2D eigenvalue weighted by molar-refractivity contribution is 7.89. The number of nitrogens with one attached hydrogen (secondary N) is 3. The number of halogens is 1. The number of amides is 1. The van der Waals surface area contributed by atoms with Crippen molar-refractivity contribution in [2.75, 3.05) is 20.1 Å². The summed E-state index contributed by atoms with van der Waals surface area (Å²) in [7, 11) is -2.13. The molecule has 1 aromatic heterocycles. The van der Waals surface area contributed by atoms with E-state index < -0.39 is 10.0 Å². The molecule has 0 bridgehead atoms. The molecule has 9 heteroatoms. The Morgan fingerprint density at radius 2 is 2.30 bits per heavy atom. The van der Waals surface area contributed by atoms with E-state index in [1.54, 1.807) is 0 Å². The summed E-state index contributed by atoms with van der Waals surface area (Å²) in [4.78, 5) is 12.4. The largest absolute Gasteiger partial charge is 0.350 e. The van der Waals surface area contributed by atoms with Crippen LogP contribution in [0.2, 0.25) is 0 Å². The van der Waals surface area contributed by atoms with Crippen molar-refractivity contribution >= 4 is 39.7 Å². The molecule has 0 spiro atoms. The van der Waals surface area contributed by atoms with Crippen molar-refractivity contribution in [3.63, 3.8) is 0 Å². The molecule has 1 aliphatic rings. The van der Waals surface area contributed by atoms with E-state index in [2.05, 4.69) is 15.4 Å². The predicted molar refractivity (Wildman–Crippen MR) is 81.2 cm³/mol. The number of rotatable bonds is 5. The molecule has 0 radical (unpaired) electrons. The molecule has 1 aromatic rings. The Labute approximate surface area is 128 Å². The van der Waals surface area contributed by atoms with Crippen LogP contribution in [0, 0.1) is 0 Å². The Kier molecular flexibility index (Phi) is 6.41. The zero-order chi connectivity index (χ0) is 13.9. The van der Waals surface area contributed by atoms with Gasteiger partial charge in [-0.2, -0.15) is 0 Å². The Balaban J connectivity index is 0.00000200. The van der Waals surface area contributed by atoms with Crippen LogP contribution in [0.15, 0.2) is 16.3 Å². The van der Waals surface area contributed by atoms with Crippen molar-refractivity contribution in [3.05, 3.63) is 16.3 Å². The summed E-state index contributed by atoms with van der Waals surface area (Å²) in [5, 5.41) is 7.57. The van der Waals surface area contributed by atoms with Gasteiger partial charge in [0, 0.05) is 18.0 Å². The summed E-state index contributed by atoms with van der Waals surface area (Å²) in [5.41, 5.74) is 0. The third-order valence-corrected chi connectivity index (χ3v) is 5.52. The molecule has 114 valence electrons. The fourth-order valence-corrected chi connectivity index (χ4v) is 3.85. The van der Waals surface area contributed by atoms with Gasteiger partial charge in [0.25, 0.3) is 5.91 Å². The molecule has 3 N–H and O–H groups in total. The van der Waals surface area contributed by atoms with Gasteiger partial charge in [0.1, 0.15) is 0 Å². The number of carbonyl (C=O) groups is 1. The van der Waals surface area contributed by atoms with E-state index in [-0.39, 0.29) is 23.2 Å². The Bertz CT molecular complexity index is 553. The van der Waals surface area contributed by atoms with Crippen LogP contribution in [0.4, 0.5) is 0 Å². The quantitative estimate of drug-likeness (QED) is 0.731. The monoisotopic (exact) mass is 339 g/mol. The molecule has 1 saturated heterocycles. The average Bonchev–Trinajstić information content (AvgIpc) is 3.07. The van der Waals surface area contributed by atoms with Crippen molar-refractivity contribution in [1.82, 2.24) is 15.4 Å². The zero-order valence-corrected chi connectivity index (χ0v) is 13.5. The fraction of sp³-hybridized carbons (Fsp3) is 0.545. The van der Waals surface area contributed by atoms with Crippen LogP contribution < -0.4 is 15.4 Å². The summed E-state index contributed by atoms with van der Waals surface area (Å²) in [5.74, 6) is -0.226. The van der Waals surface area contributed by atoms with E-state index in [1.807, 2.05) is 0 Å². The molecule has 1 amide bonds. The molecule has 1 aliphatic heterocycles. The van der Waals surface area contributed by atoms with Gasteiger partial charge in [-0.05, 0) is 32.5 Å². The van der Waals surface area contributed by atoms with Gasteiger partial charge < -0.3 is 10.6 Å². The molecule has 1 fully saturated rings. The van der Waals surface area contributed by atoms with E-state index in [0.717, 1.165) is 30.7 Å². The SMILES string of the molecule is CNS(=O)(=O)c1csc(C(=O)NCC2CCCN2)c1.Cl. The summed E-state index contributed by atoms with van der Waals surface area (Å²) in [6.07, 6.45) is 2.19. The van der Waals surface area contributed by atoms with Gasteiger partial charge >= 0.3 is 0 Å². The highest BCUT2D eigenvalue weighted by Gasteiger charge is 2.19. The first-order chi connectivity index (χ1) is 9.03. The smallest absolute Gasteiger partial charge is 0.261 e. The topological polar surface area (TPSA) is 87.3 Å². The summed E-state index contributed by atoms with van der Waals surface area (Å²) >= 11 is 1.13. The maximum atomic E-state index is 11.9. The minimum Gasteiger partial charge on any atom is -0.350 e. The minimum absolute atomic E-state index is 0. The molecule has 0 aliphatic carbocycles. The highest BCUT2D eigenvalue weighted by atomic mass is 35.5. The Morgan fingerprint density at radius 3 is 2.90 bits per heavy atom. The standard InChI is InChI=1S/C11H17N3O3S2.ClH/c1-12-19(16,17)9-5-10(18-7-9)11(15)14-6-8-3-2-4-13-8;/h5,7-8,12-13H,2-4,6H2,1H3,(H,14,15);1H. The van der Waals surface area contributed by atoms with Gasteiger partial charge in [0.15, 0.2) is 0 Å². The molecule has 1 unspecified atom stereocenters. The number of hydrogen-bond acceptors (Lipinski definition) is 5. The number of carbonyl (C=O) groups excluding carboxylic acids is 1. The van der Waals surface area contributed by atoms with Crippen molar-refractivity contribution in [2.24, 2.45) is 0 Å². The van der Waals surface area contributed by atoms with Crippen molar-refractivity contribution in [1.29, 1.82) is 0 Å². The van der Waals surface area contributed by atoms with Crippen LogP contribution in [0.5, 0.6) is 0 Å². The molecule has 0 aromatic carbocycles. The lowest BCUT2D eigenvalue weighted by Crippen LogP contribution is -2.36. The third kappa shape index (κ3) is 4.16. The molecule has 0 saturated carbocycles. The normalized spacial score (nSPS) is 18.6. The maximum absolute atomic E-state index is 11.9. The van der Waals surface area contributed by atoms with Crippen LogP contribution in [-0.2, 0) is 10.0 Å². The molecular formula is C11H18ClN3O3S2. The molecular weight excluding hydrogens is 322 g/mol. The van der Waals surface area contributed by atoms with Crippen LogP contribution in [0.25, 0.3) is 0 Å². The van der Waals surface area contributed by atoms with E-state index in [9.17, 15) is 13.2 Å². The Morgan fingerprint density at radius 1 is 1.55 bits per heavy atom. The van der Waals surface area contributed by atoms with Gasteiger partial charge in [0.2, 0.25) is 10.0 Å². The number of sulfonamides is 1. The highest BCUT2D eigenvalue weighted by Crippen LogP contribution is 2.18. The van der Waals surface area contributed by atoms with Crippen molar-refractivity contribution in [3.8, 4) is 0 Å². The van der Waals surface area contributed by atoms with Crippen LogP contribution in [-0.4, -0.2) is 40.5 Å². The van der Waals surface area contributed by atoms with E-state index in [4.69, 9.17) is 0 Å². The van der Waals surface area contributed by atoms with Crippen molar-refractivity contribution < 1.29 is 13.2 Å². The van der Waals surface area contributed by atoms with E-state index in [0.29, 0.717) is 17.5 Å². The lowest BCUT2D eigenvalue weighted by Gasteiger charge is -2.10. The second-order valence-electron chi connectivity index (χ2n) is 4.36. The second kappa shape index (κ2) is 7.37. The lowest BCUT2D eigenvalue weighted by atomic mass is 10.2. The summed E-state index contributed by atoms with van der Waals surface area (Å²) in [6.45, 7) is 1.56. The summed E-state index contributed by atoms with van der Waals surface area (Å²) in [6, 6.07) is 1.72. The second-order valence-corrected chi connectivity index (χ2v) is 7.16. The maximum Gasteiger partial charge on any atom is 0.261 e. The Hall–Kier alpha value is -0.670. The van der Waals surface area contributed by atoms with Gasteiger partial charge in [-0.1, -0.05) is 0 Å². The fourth-order valence-electron chi connectivity index (χ4n) is 1.93. The minimum atomic E-state index is -3.47. The zero-order valence-electron chi connectivity index (χ0n) is 11.0. The molecule has 20 heavy (non-hydrogen) atoms. The van der Waals surface area contributed by atoms with Gasteiger partial charge in [-0.3, -0.25) is 4.79 Å².